The summed E-state index contributed by atoms with van der Waals surface area (Å²) in [5, 5.41) is 0. The summed E-state index contributed by atoms with van der Waals surface area (Å²) in [5.74, 6) is 1.33. The molecule has 1 aliphatic carbocycles. The maximum absolute atomic E-state index is 11.1. The van der Waals surface area contributed by atoms with Gasteiger partial charge in [-0.1, -0.05) is 63.9 Å². The molecule has 2 heterocycles. The monoisotopic (exact) mass is 405 g/mol. The highest BCUT2D eigenvalue weighted by molar-refractivity contribution is 5.99. The Hall–Kier alpha value is -2.88. The Balaban J connectivity index is 0.000000197. The number of benzene rings is 1. The van der Waals surface area contributed by atoms with Crippen molar-refractivity contribution in [2.45, 2.75) is 59.3 Å². The van der Waals surface area contributed by atoms with Crippen LogP contribution in [-0.4, -0.2) is 15.9 Å². The quantitative estimate of drug-likeness (QED) is 0.523. The molecular weight excluding hydrogens is 370 g/mol. The molecule has 1 aromatic carbocycles. The van der Waals surface area contributed by atoms with Gasteiger partial charge in [-0.05, 0) is 54.9 Å². The number of aromatic nitrogens is 2. The minimum Gasteiger partial charge on any atom is -0.366 e. The van der Waals surface area contributed by atoms with Gasteiger partial charge in [0.25, 0.3) is 5.91 Å². The second-order valence-electron chi connectivity index (χ2n) is 7.70. The molecule has 0 atom stereocenters. The number of aromatic amines is 1. The van der Waals surface area contributed by atoms with Crippen molar-refractivity contribution in [3.8, 4) is 11.1 Å². The third-order valence-electron chi connectivity index (χ3n) is 5.50. The van der Waals surface area contributed by atoms with Crippen molar-refractivity contribution in [2.75, 3.05) is 0 Å². The zero-order valence-corrected chi connectivity index (χ0v) is 18.7. The molecule has 4 heteroatoms. The molecule has 1 saturated carbocycles. The first kappa shape index (κ1) is 23.4. The van der Waals surface area contributed by atoms with Gasteiger partial charge in [0.1, 0.15) is 0 Å². The number of hydrogen-bond donors (Lipinski definition) is 2. The van der Waals surface area contributed by atoms with Crippen molar-refractivity contribution in [2.24, 2.45) is 11.7 Å². The number of H-pyrrole nitrogens is 1. The number of aryl methyl sites for hydroxylation is 1. The fourth-order valence-corrected chi connectivity index (χ4v) is 3.84. The lowest BCUT2D eigenvalue weighted by molar-refractivity contribution is 0.100. The second kappa shape index (κ2) is 12.0. The molecule has 3 aromatic rings. The third kappa shape index (κ3) is 6.58. The van der Waals surface area contributed by atoms with Crippen LogP contribution in [0, 0.1) is 12.8 Å². The minimum atomic E-state index is -0.412. The van der Waals surface area contributed by atoms with Crippen molar-refractivity contribution in [3.63, 3.8) is 0 Å². The van der Waals surface area contributed by atoms with Crippen LogP contribution >= 0.6 is 0 Å². The summed E-state index contributed by atoms with van der Waals surface area (Å²) >= 11 is 0. The number of carbonyl (C=O) groups excluding carboxylic acids is 1. The van der Waals surface area contributed by atoms with Crippen LogP contribution in [-0.2, 0) is 0 Å². The van der Waals surface area contributed by atoms with E-state index >= 15 is 0 Å². The highest BCUT2D eigenvalue weighted by Crippen LogP contribution is 2.35. The van der Waals surface area contributed by atoms with Crippen LogP contribution in [0.3, 0.4) is 0 Å². The summed E-state index contributed by atoms with van der Waals surface area (Å²) in [6.07, 6.45) is 10.9. The van der Waals surface area contributed by atoms with E-state index in [1.165, 1.54) is 31.2 Å². The van der Waals surface area contributed by atoms with E-state index < -0.39 is 5.91 Å². The average molecular weight is 406 g/mol. The van der Waals surface area contributed by atoms with E-state index in [-0.39, 0.29) is 0 Å². The Morgan fingerprint density at radius 3 is 2.30 bits per heavy atom. The van der Waals surface area contributed by atoms with Crippen LogP contribution in [0.1, 0.15) is 74.0 Å². The van der Waals surface area contributed by atoms with E-state index in [9.17, 15) is 4.79 Å². The number of amides is 1. The number of hydrogen-bond acceptors (Lipinski definition) is 2. The Kier molecular flexibility index (Phi) is 9.33. The number of nitrogens with one attached hydrogen (secondary N) is 1. The molecule has 0 aliphatic heterocycles. The highest BCUT2D eigenvalue weighted by atomic mass is 16.1. The molecule has 2 aromatic heterocycles. The average Bonchev–Trinajstić information content (AvgIpc) is 3.27. The third-order valence-corrected chi connectivity index (χ3v) is 5.50. The van der Waals surface area contributed by atoms with Gasteiger partial charge in [0, 0.05) is 29.8 Å². The Morgan fingerprint density at radius 2 is 1.70 bits per heavy atom. The molecule has 0 radical (unpaired) electrons. The first-order valence-electron chi connectivity index (χ1n) is 11.0. The van der Waals surface area contributed by atoms with Crippen molar-refractivity contribution in [3.05, 3.63) is 77.9 Å². The van der Waals surface area contributed by atoms with E-state index in [0.29, 0.717) is 5.56 Å². The second-order valence-corrected chi connectivity index (χ2v) is 7.70. The van der Waals surface area contributed by atoms with Gasteiger partial charge in [0.2, 0.25) is 0 Å². The lowest BCUT2D eigenvalue weighted by Gasteiger charge is -2.26. The summed E-state index contributed by atoms with van der Waals surface area (Å²) in [5.41, 5.74) is 10.3. The number of carbonyl (C=O) groups is 1. The molecular formula is C26H35N3O. The summed E-state index contributed by atoms with van der Waals surface area (Å²) in [6, 6.07) is 14.1. The number of rotatable bonds is 3. The van der Waals surface area contributed by atoms with Gasteiger partial charge in [-0.2, -0.15) is 0 Å². The number of nitrogens with zero attached hydrogens (tertiary/aromatic N) is 1. The Morgan fingerprint density at radius 1 is 1.03 bits per heavy atom. The van der Waals surface area contributed by atoms with Crippen LogP contribution < -0.4 is 5.73 Å². The van der Waals surface area contributed by atoms with Gasteiger partial charge in [-0.25, -0.2) is 0 Å². The molecule has 0 unspecified atom stereocenters. The van der Waals surface area contributed by atoms with Crippen LogP contribution in [0.15, 0.2) is 61.1 Å². The van der Waals surface area contributed by atoms with Gasteiger partial charge < -0.3 is 10.7 Å². The van der Waals surface area contributed by atoms with Gasteiger partial charge in [0.15, 0.2) is 0 Å². The summed E-state index contributed by atoms with van der Waals surface area (Å²) in [4.78, 5) is 18.2. The number of pyridine rings is 1. The molecule has 1 fully saturated rings. The lowest BCUT2D eigenvalue weighted by atomic mass is 9.79. The molecule has 1 aliphatic rings. The van der Waals surface area contributed by atoms with Crippen LogP contribution in [0.2, 0.25) is 0 Å². The summed E-state index contributed by atoms with van der Waals surface area (Å²) in [6.45, 7) is 8.45. The smallest absolute Gasteiger partial charge is 0.250 e. The maximum atomic E-state index is 11.1. The Labute approximate surface area is 180 Å². The predicted octanol–water partition coefficient (Wildman–Crippen LogP) is 6.49. The van der Waals surface area contributed by atoms with Crippen molar-refractivity contribution < 1.29 is 4.79 Å². The van der Waals surface area contributed by atoms with Gasteiger partial charge >= 0.3 is 0 Å². The van der Waals surface area contributed by atoms with E-state index in [1.807, 2.05) is 50.4 Å². The van der Waals surface area contributed by atoms with E-state index in [0.717, 1.165) is 28.7 Å². The zero-order chi connectivity index (χ0) is 21.9. The maximum Gasteiger partial charge on any atom is 0.250 e. The molecule has 1 amide bonds. The van der Waals surface area contributed by atoms with Crippen molar-refractivity contribution >= 4 is 5.91 Å². The van der Waals surface area contributed by atoms with E-state index in [4.69, 9.17) is 5.73 Å². The van der Waals surface area contributed by atoms with Gasteiger partial charge in [-0.3, -0.25) is 9.78 Å². The highest BCUT2D eigenvalue weighted by Gasteiger charge is 2.19. The lowest BCUT2D eigenvalue weighted by Crippen LogP contribution is -2.10. The molecule has 30 heavy (non-hydrogen) atoms. The van der Waals surface area contributed by atoms with Gasteiger partial charge in [-0.15, -0.1) is 0 Å². The first-order chi connectivity index (χ1) is 14.5. The fraction of sp³-hybridized carbons (Fsp3) is 0.385. The van der Waals surface area contributed by atoms with E-state index in [2.05, 4.69) is 35.9 Å². The van der Waals surface area contributed by atoms with E-state index in [1.54, 1.807) is 12.4 Å². The molecule has 4 nitrogen and oxygen atoms in total. The normalized spacial score (nSPS) is 17.7. The SMILES string of the molecule is CC.Cc1cc(C2CCC(C)CC2)ccn1.NC(=O)c1c[nH]cc1-c1ccccc1. The molecule has 0 bridgehead atoms. The summed E-state index contributed by atoms with van der Waals surface area (Å²) in [7, 11) is 0. The van der Waals surface area contributed by atoms with Crippen molar-refractivity contribution in [1.29, 1.82) is 0 Å². The number of primary amides is 1. The molecule has 3 N–H and O–H groups in total. The van der Waals surface area contributed by atoms with Gasteiger partial charge in [0.05, 0.1) is 5.56 Å². The standard InChI is InChI=1S/C13H19N.C11H10N2O.C2H6/c1-10-3-5-12(6-4-10)13-7-8-14-11(2)9-13;12-11(14)10-7-13-6-9(10)8-4-2-1-3-5-8;1-2/h7-10,12H,3-6H2,1-2H3;1-7,13H,(H2,12,14);1-2H3. The molecule has 160 valence electrons. The summed E-state index contributed by atoms with van der Waals surface area (Å²) < 4.78 is 0. The van der Waals surface area contributed by atoms with Crippen molar-refractivity contribution in [1.82, 2.24) is 9.97 Å². The van der Waals surface area contributed by atoms with Crippen LogP contribution in [0.25, 0.3) is 11.1 Å². The largest absolute Gasteiger partial charge is 0.366 e. The number of nitrogens with two attached hydrogens (primary N) is 1. The minimum absolute atomic E-state index is 0.412. The predicted molar refractivity (Wildman–Crippen MR) is 125 cm³/mol. The fourth-order valence-electron chi connectivity index (χ4n) is 3.84. The molecule has 0 spiro atoms. The van der Waals surface area contributed by atoms with Crippen LogP contribution in [0.5, 0.6) is 0 Å². The molecule has 4 rings (SSSR count). The van der Waals surface area contributed by atoms with Crippen LogP contribution in [0.4, 0.5) is 0 Å². The topological polar surface area (TPSA) is 71.8 Å². The molecule has 0 saturated heterocycles. The zero-order valence-electron chi connectivity index (χ0n) is 18.7. The Bertz CT molecular complexity index is 893. The first-order valence-corrected chi connectivity index (χ1v) is 11.0.